The van der Waals surface area contributed by atoms with E-state index in [9.17, 15) is 17.6 Å². The third kappa shape index (κ3) is 7.38. The van der Waals surface area contributed by atoms with E-state index >= 15 is 8.78 Å². The van der Waals surface area contributed by atoms with Crippen LogP contribution in [-0.4, -0.2) is 12.5 Å². The molecule has 0 radical (unpaired) electrons. The standard InChI is InChI=1S/C33H34F6O2/c1-21-2-4-22(5-3-21)23-6-8-24(9-7-23)25-10-14-27(15-11-25)32(35,36)40-29-18-19-30(31(34)20-29)26-12-16-28(17-13-26)41-33(37,38)39/h6-9,12-13,16-22,25,27H,2-5,10-11,14-15H2,1H3. The molecule has 5 rings (SSSR count). The van der Waals surface area contributed by atoms with E-state index in [1.165, 1.54) is 61.1 Å². The predicted octanol–water partition coefficient (Wildman–Crippen LogP) is 10.6. The van der Waals surface area contributed by atoms with Gasteiger partial charge in [0.2, 0.25) is 0 Å². The van der Waals surface area contributed by atoms with Crippen LogP contribution in [0, 0.1) is 17.7 Å². The number of hydrogen-bond donors (Lipinski definition) is 0. The van der Waals surface area contributed by atoms with Crippen LogP contribution in [0.25, 0.3) is 11.1 Å². The molecule has 0 unspecified atom stereocenters. The second-order valence-electron chi connectivity index (χ2n) is 11.5. The number of benzene rings is 3. The molecule has 0 spiro atoms. The Bertz CT molecular complexity index is 1290. The average Bonchev–Trinajstić information content (AvgIpc) is 2.93. The highest BCUT2D eigenvalue weighted by molar-refractivity contribution is 5.65. The second-order valence-corrected chi connectivity index (χ2v) is 11.5. The molecular formula is C33H34F6O2. The molecule has 0 atom stereocenters. The van der Waals surface area contributed by atoms with Crippen molar-refractivity contribution in [2.45, 2.75) is 82.6 Å². The normalized spacial score (nSPS) is 23.7. The SMILES string of the molecule is CC1CCC(c2ccc(C3CCC(C(F)(F)Oc4ccc(-c5ccc(OC(F)(F)F)cc5)c(F)c4)CC3)cc2)CC1. The van der Waals surface area contributed by atoms with Gasteiger partial charge in [-0.05, 0) is 97.2 Å². The second kappa shape index (κ2) is 12.0. The van der Waals surface area contributed by atoms with Crippen molar-refractivity contribution >= 4 is 0 Å². The molecule has 2 saturated carbocycles. The number of rotatable bonds is 7. The maximum atomic E-state index is 15.1. The van der Waals surface area contributed by atoms with E-state index in [4.69, 9.17) is 4.74 Å². The number of halogens is 6. The zero-order chi connectivity index (χ0) is 29.2. The lowest BCUT2D eigenvalue weighted by molar-refractivity contribution is -0.274. The Hall–Kier alpha value is -3.16. The van der Waals surface area contributed by atoms with Crippen molar-refractivity contribution in [3.63, 3.8) is 0 Å². The van der Waals surface area contributed by atoms with Crippen LogP contribution in [0.3, 0.4) is 0 Å². The van der Waals surface area contributed by atoms with Gasteiger partial charge in [-0.2, -0.15) is 8.78 Å². The maximum absolute atomic E-state index is 15.1. The van der Waals surface area contributed by atoms with Crippen molar-refractivity contribution in [1.29, 1.82) is 0 Å². The van der Waals surface area contributed by atoms with E-state index in [0.717, 1.165) is 24.1 Å². The molecule has 0 saturated heterocycles. The van der Waals surface area contributed by atoms with Crippen LogP contribution in [0.2, 0.25) is 0 Å². The molecule has 2 fully saturated rings. The van der Waals surface area contributed by atoms with Gasteiger partial charge >= 0.3 is 12.5 Å². The molecule has 0 aromatic heterocycles. The zero-order valence-corrected chi connectivity index (χ0v) is 22.9. The summed E-state index contributed by atoms with van der Waals surface area (Å²) < 4.78 is 90.9. The molecule has 2 aliphatic carbocycles. The van der Waals surface area contributed by atoms with Crippen molar-refractivity contribution in [2.24, 2.45) is 11.8 Å². The third-order valence-corrected chi connectivity index (χ3v) is 8.69. The molecule has 0 aliphatic heterocycles. The fraction of sp³-hybridized carbons (Fsp3) is 0.455. The monoisotopic (exact) mass is 576 g/mol. The van der Waals surface area contributed by atoms with Gasteiger partial charge in [-0.3, -0.25) is 0 Å². The van der Waals surface area contributed by atoms with Gasteiger partial charge in [0.05, 0.1) is 5.92 Å². The van der Waals surface area contributed by atoms with E-state index in [1.807, 2.05) is 0 Å². The summed E-state index contributed by atoms with van der Waals surface area (Å²) in [7, 11) is 0. The van der Waals surface area contributed by atoms with E-state index < -0.39 is 30.0 Å². The van der Waals surface area contributed by atoms with Crippen molar-refractivity contribution in [3.05, 3.63) is 83.7 Å². The summed E-state index contributed by atoms with van der Waals surface area (Å²) in [6, 6.07) is 16.8. The topological polar surface area (TPSA) is 18.5 Å². The summed E-state index contributed by atoms with van der Waals surface area (Å²) in [6.07, 6.45) is -1.46. The average molecular weight is 577 g/mol. The summed E-state index contributed by atoms with van der Waals surface area (Å²) in [5.41, 5.74) is 2.88. The molecule has 0 N–H and O–H groups in total. The van der Waals surface area contributed by atoms with Gasteiger partial charge in [-0.1, -0.05) is 56.2 Å². The van der Waals surface area contributed by atoms with E-state index in [-0.39, 0.29) is 22.8 Å². The molecule has 0 bridgehead atoms. The Morgan fingerprint density at radius 3 is 1.63 bits per heavy atom. The molecule has 0 heterocycles. The van der Waals surface area contributed by atoms with Gasteiger partial charge in [0, 0.05) is 11.6 Å². The Kier molecular flexibility index (Phi) is 8.57. The molecule has 0 amide bonds. The van der Waals surface area contributed by atoms with Crippen molar-refractivity contribution in [1.82, 2.24) is 0 Å². The highest BCUT2D eigenvalue weighted by atomic mass is 19.4. The fourth-order valence-electron chi connectivity index (χ4n) is 6.27. The minimum atomic E-state index is -4.84. The lowest BCUT2D eigenvalue weighted by Crippen LogP contribution is -2.37. The summed E-state index contributed by atoms with van der Waals surface area (Å²) in [5.74, 6) is -0.900. The zero-order valence-electron chi connectivity index (χ0n) is 22.9. The molecule has 220 valence electrons. The molecule has 2 nitrogen and oxygen atoms in total. The maximum Gasteiger partial charge on any atom is 0.573 e. The Morgan fingerprint density at radius 2 is 1.12 bits per heavy atom. The minimum Gasteiger partial charge on any atom is -0.432 e. The van der Waals surface area contributed by atoms with Crippen LogP contribution in [-0.2, 0) is 0 Å². The van der Waals surface area contributed by atoms with Crippen molar-refractivity contribution in [3.8, 4) is 22.6 Å². The van der Waals surface area contributed by atoms with E-state index in [1.54, 1.807) is 0 Å². The highest BCUT2D eigenvalue weighted by Crippen LogP contribution is 2.44. The van der Waals surface area contributed by atoms with Crippen LogP contribution < -0.4 is 9.47 Å². The van der Waals surface area contributed by atoms with Gasteiger partial charge < -0.3 is 9.47 Å². The number of alkyl halides is 5. The Labute approximate surface area is 236 Å². The molecule has 8 heteroatoms. The minimum absolute atomic E-state index is 0.0452. The van der Waals surface area contributed by atoms with E-state index in [2.05, 4.69) is 35.9 Å². The Balaban J connectivity index is 1.16. The smallest absolute Gasteiger partial charge is 0.432 e. The van der Waals surface area contributed by atoms with Crippen molar-refractivity contribution in [2.75, 3.05) is 0 Å². The number of ether oxygens (including phenoxy) is 2. The summed E-state index contributed by atoms with van der Waals surface area (Å²) in [5, 5.41) is 0. The fourth-order valence-corrected chi connectivity index (χ4v) is 6.27. The molecule has 3 aromatic carbocycles. The first-order chi connectivity index (χ1) is 19.5. The van der Waals surface area contributed by atoms with Gasteiger partial charge in [0.25, 0.3) is 0 Å². The lowest BCUT2D eigenvalue weighted by Gasteiger charge is -2.33. The van der Waals surface area contributed by atoms with Crippen molar-refractivity contribution < 1.29 is 35.8 Å². The summed E-state index contributed by atoms with van der Waals surface area (Å²) in [4.78, 5) is 0. The Morgan fingerprint density at radius 1 is 0.610 bits per heavy atom. The van der Waals surface area contributed by atoms with Crippen LogP contribution >= 0.6 is 0 Å². The molecule has 3 aromatic rings. The predicted molar refractivity (Wildman–Crippen MR) is 146 cm³/mol. The van der Waals surface area contributed by atoms with Gasteiger partial charge in [0.1, 0.15) is 17.3 Å². The summed E-state index contributed by atoms with van der Waals surface area (Å²) >= 11 is 0. The lowest BCUT2D eigenvalue weighted by atomic mass is 9.76. The van der Waals surface area contributed by atoms with Gasteiger partial charge in [-0.25, -0.2) is 4.39 Å². The largest absolute Gasteiger partial charge is 0.573 e. The first-order valence-corrected chi connectivity index (χ1v) is 14.3. The number of hydrogen-bond acceptors (Lipinski definition) is 2. The van der Waals surface area contributed by atoms with Gasteiger partial charge in [-0.15, -0.1) is 13.2 Å². The highest BCUT2D eigenvalue weighted by Gasteiger charge is 2.44. The molecule has 2 aliphatic rings. The van der Waals surface area contributed by atoms with Crippen LogP contribution in [0.1, 0.15) is 81.3 Å². The first kappa shape index (κ1) is 29.3. The quantitative estimate of drug-likeness (QED) is 0.261. The van der Waals surface area contributed by atoms with Gasteiger partial charge in [0.15, 0.2) is 0 Å². The molecular weight excluding hydrogens is 542 g/mol. The molecule has 41 heavy (non-hydrogen) atoms. The van der Waals surface area contributed by atoms with Crippen LogP contribution in [0.4, 0.5) is 26.3 Å². The van der Waals surface area contributed by atoms with E-state index in [0.29, 0.717) is 31.6 Å². The first-order valence-electron chi connectivity index (χ1n) is 14.3. The van der Waals surface area contributed by atoms with Crippen LogP contribution in [0.15, 0.2) is 66.7 Å². The van der Waals surface area contributed by atoms with Crippen LogP contribution in [0.5, 0.6) is 11.5 Å². The third-order valence-electron chi connectivity index (χ3n) is 8.69. The summed E-state index contributed by atoms with van der Waals surface area (Å²) in [6.45, 7) is 2.31.